The van der Waals surface area contributed by atoms with Gasteiger partial charge in [0, 0.05) is 26.0 Å². The maximum atomic E-state index is 13.3. The van der Waals surface area contributed by atoms with Crippen molar-refractivity contribution in [1.82, 2.24) is 5.01 Å². The molecule has 0 aromatic heterocycles. The van der Waals surface area contributed by atoms with Gasteiger partial charge in [-0.1, -0.05) is 73.8 Å². The molecule has 4 rings (SSSR count). The van der Waals surface area contributed by atoms with Crippen LogP contribution in [0.5, 0.6) is 0 Å². The van der Waals surface area contributed by atoms with Gasteiger partial charge in [-0.05, 0) is 53.6 Å². The van der Waals surface area contributed by atoms with Gasteiger partial charge in [-0.2, -0.15) is 5.10 Å². The van der Waals surface area contributed by atoms with Gasteiger partial charge in [0.05, 0.1) is 11.8 Å². The topological polar surface area (TPSA) is 32.7 Å². The minimum absolute atomic E-state index is 0.169. The Morgan fingerprint density at radius 1 is 0.964 bits per heavy atom. The average Bonchev–Trinajstić information content (AvgIpc) is 3.13. The van der Waals surface area contributed by atoms with Gasteiger partial charge in [0.1, 0.15) is 0 Å². The Balaban J connectivity index is 1.76. The Hall–Kier alpha value is -1.95. The van der Waals surface area contributed by atoms with E-state index >= 15 is 0 Å². The van der Waals surface area contributed by atoms with Crippen molar-refractivity contribution in [3.05, 3.63) is 103 Å². The van der Waals surface area contributed by atoms with Crippen molar-refractivity contribution in [1.29, 1.82) is 0 Å². The lowest BCUT2D eigenvalue weighted by molar-refractivity contribution is 0.0711. The van der Waals surface area contributed by atoms with Crippen LogP contribution in [-0.2, 0) is 0 Å². The van der Waals surface area contributed by atoms with E-state index in [1.807, 2.05) is 48.5 Å². The second kappa shape index (κ2) is 8.19. The minimum Gasteiger partial charge on any atom is -0.267 e. The maximum Gasteiger partial charge on any atom is 0.274 e. The number of halogens is 3. The fourth-order valence-electron chi connectivity index (χ4n) is 3.27. The molecule has 0 unspecified atom stereocenters. The maximum absolute atomic E-state index is 13.3. The van der Waals surface area contributed by atoms with E-state index in [-0.39, 0.29) is 11.9 Å². The Kier molecular flexibility index (Phi) is 5.67. The number of hydrazone groups is 1. The fraction of sp³-hybridized carbons (Fsp3) is 0.0909. The van der Waals surface area contributed by atoms with Crippen molar-refractivity contribution in [3.8, 4) is 0 Å². The van der Waals surface area contributed by atoms with Gasteiger partial charge in [0.2, 0.25) is 0 Å². The number of amides is 1. The molecule has 0 radical (unpaired) electrons. The molecule has 28 heavy (non-hydrogen) atoms. The molecule has 1 atom stereocenters. The van der Waals surface area contributed by atoms with Crippen LogP contribution in [0.25, 0.3) is 0 Å². The quantitative estimate of drug-likeness (QED) is 0.373. The first-order valence-electron chi connectivity index (χ1n) is 8.69. The van der Waals surface area contributed by atoms with Gasteiger partial charge < -0.3 is 0 Å². The van der Waals surface area contributed by atoms with Crippen molar-refractivity contribution < 1.29 is 4.79 Å². The Morgan fingerprint density at radius 3 is 2.39 bits per heavy atom. The summed E-state index contributed by atoms with van der Waals surface area (Å²) in [7, 11) is 0. The van der Waals surface area contributed by atoms with Crippen molar-refractivity contribution in [2.24, 2.45) is 5.10 Å². The highest BCUT2D eigenvalue weighted by Crippen LogP contribution is 2.35. The van der Waals surface area contributed by atoms with Crippen LogP contribution in [0.1, 0.15) is 33.9 Å². The molecule has 1 heterocycles. The normalized spacial score (nSPS) is 16.2. The van der Waals surface area contributed by atoms with Crippen molar-refractivity contribution >= 4 is 55.1 Å². The van der Waals surface area contributed by atoms with Crippen LogP contribution >= 0.6 is 43.5 Å². The number of benzene rings is 3. The van der Waals surface area contributed by atoms with Crippen LogP contribution in [0, 0.1) is 0 Å². The molecule has 6 heteroatoms. The second-order valence-electron chi connectivity index (χ2n) is 6.49. The summed E-state index contributed by atoms with van der Waals surface area (Å²) in [4.78, 5) is 13.3. The summed E-state index contributed by atoms with van der Waals surface area (Å²) < 4.78 is 1.95. The second-order valence-corrected chi connectivity index (χ2v) is 8.76. The zero-order valence-electron chi connectivity index (χ0n) is 14.6. The van der Waals surface area contributed by atoms with Crippen LogP contribution < -0.4 is 0 Å². The van der Waals surface area contributed by atoms with Crippen LogP contribution in [0.4, 0.5) is 0 Å². The van der Waals surface area contributed by atoms with Gasteiger partial charge in [0.15, 0.2) is 0 Å². The molecule has 1 aliphatic heterocycles. The molecule has 0 N–H and O–H groups in total. The number of hydrogen-bond acceptors (Lipinski definition) is 2. The molecule has 0 saturated heterocycles. The van der Waals surface area contributed by atoms with Gasteiger partial charge >= 0.3 is 0 Å². The summed E-state index contributed by atoms with van der Waals surface area (Å²) in [6.45, 7) is 0. The van der Waals surface area contributed by atoms with E-state index in [2.05, 4.69) is 31.9 Å². The molecule has 0 fully saturated rings. The highest BCUT2D eigenvalue weighted by Gasteiger charge is 2.33. The molecule has 1 amide bonds. The van der Waals surface area contributed by atoms with Crippen molar-refractivity contribution in [2.75, 3.05) is 0 Å². The molecule has 0 aliphatic carbocycles. The lowest BCUT2D eigenvalue weighted by Gasteiger charge is -2.22. The molecule has 0 spiro atoms. The van der Waals surface area contributed by atoms with Crippen molar-refractivity contribution in [2.45, 2.75) is 12.5 Å². The Bertz CT molecular complexity index is 1080. The summed E-state index contributed by atoms with van der Waals surface area (Å²) >= 11 is 13.1. The van der Waals surface area contributed by atoms with Crippen molar-refractivity contribution in [3.63, 3.8) is 0 Å². The van der Waals surface area contributed by atoms with Gasteiger partial charge in [-0.3, -0.25) is 4.79 Å². The van der Waals surface area contributed by atoms with E-state index in [0.717, 1.165) is 25.8 Å². The first-order valence-corrected chi connectivity index (χ1v) is 10.7. The molecule has 3 aromatic rings. The summed E-state index contributed by atoms with van der Waals surface area (Å²) in [5.41, 5.74) is 3.42. The monoisotopic (exact) mass is 516 g/mol. The summed E-state index contributed by atoms with van der Waals surface area (Å²) in [5, 5.41) is 6.82. The van der Waals surface area contributed by atoms with Crippen LogP contribution in [0.3, 0.4) is 0 Å². The predicted octanol–water partition coefficient (Wildman–Crippen LogP) is 6.86. The number of carbonyl (C=O) groups is 1. The smallest absolute Gasteiger partial charge is 0.267 e. The van der Waals surface area contributed by atoms with Crippen LogP contribution in [-0.4, -0.2) is 16.6 Å². The molecule has 3 aromatic carbocycles. The Labute approximate surface area is 185 Å². The molecule has 140 valence electrons. The highest BCUT2D eigenvalue weighted by atomic mass is 79.9. The number of nitrogens with zero attached hydrogens (tertiary/aromatic N) is 2. The summed E-state index contributed by atoms with van der Waals surface area (Å²) in [6.07, 6.45) is 0.638. The van der Waals surface area contributed by atoms with E-state index < -0.39 is 0 Å². The standard InChI is InChI=1S/C22H15Br2ClN2O/c23-17-7-1-4-14(10-17)20-13-21(15-5-2-8-18(24)11-15)27(26-20)22(28)16-6-3-9-19(25)12-16/h1-12,21H,13H2/t21-/m0/s1. The van der Waals surface area contributed by atoms with E-state index in [1.54, 1.807) is 29.3 Å². The van der Waals surface area contributed by atoms with Gasteiger partial charge in [-0.25, -0.2) is 5.01 Å². The third-order valence-electron chi connectivity index (χ3n) is 4.58. The largest absolute Gasteiger partial charge is 0.274 e. The summed E-state index contributed by atoms with van der Waals surface area (Å²) in [6, 6.07) is 22.7. The van der Waals surface area contributed by atoms with E-state index in [1.165, 1.54) is 0 Å². The lowest BCUT2D eigenvalue weighted by Crippen LogP contribution is -2.27. The molecule has 0 saturated carbocycles. The van der Waals surface area contributed by atoms with E-state index in [9.17, 15) is 4.79 Å². The summed E-state index contributed by atoms with van der Waals surface area (Å²) in [5.74, 6) is -0.169. The molecule has 0 bridgehead atoms. The first kappa shape index (κ1) is 19.4. The lowest BCUT2D eigenvalue weighted by atomic mass is 9.98. The molecular weight excluding hydrogens is 504 g/mol. The van der Waals surface area contributed by atoms with E-state index in [0.29, 0.717) is 17.0 Å². The SMILES string of the molecule is O=C(c1cccc(Cl)c1)N1N=C(c2cccc(Br)c2)C[C@H]1c1cccc(Br)c1. The third-order valence-corrected chi connectivity index (χ3v) is 5.80. The predicted molar refractivity (Wildman–Crippen MR) is 120 cm³/mol. The van der Waals surface area contributed by atoms with Crippen LogP contribution in [0.2, 0.25) is 5.02 Å². The molecule has 1 aliphatic rings. The third kappa shape index (κ3) is 4.07. The highest BCUT2D eigenvalue weighted by molar-refractivity contribution is 9.10. The first-order chi connectivity index (χ1) is 13.5. The fourth-order valence-corrected chi connectivity index (χ4v) is 4.27. The zero-order valence-corrected chi connectivity index (χ0v) is 18.6. The Morgan fingerprint density at radius 2 is 1.68 bits per heavy atom. The molecular formula is C22H15Br2ClN2O. The number of rotatable bonds is 3. The average molecular weight is 519 g/mol. The number of carbonyl (C=O) groups excluding carboxylic acids is 1. The minimum atomic E-state index is -0.182. The zero-order chi connectivity index (χ0) is 19.7. The molecule has 3 nitrogen and oxygen atoms in total. The van der Waals surface area contributed by atoms with Gasteiger partial charge in [-0.15, -0.1) is 0 Å². The van der Waals surface area contributed by atoms with E-state index in [4.69, 9.17) is 16.7 Å². The number of hydrogen-bond donors (Lipinski definition) is 0. The van der Waals surface area contributed by atoms with Crippen LogP contribution in [0.15, 0.2) is 86.8 Å². The van der Waals surface area contributed by atoms with Gasteiger partial charge in [0.25, 0.3) is 5.91 Å².